The van der Waals surface area contributed by atoms with Crippen LogP contribution in [0.2, 0.25) is 0 Å². The summed E-state index contributed by atoms with van der Waals surface area (Å²) >= 11 is 0. The van der Waals surface area contributed by atoms with E-state index in [9.17, 15) is 15.3 Å². The van der Waals surface area contributed by atoms with Crippen molar-refractivity contribution in [1.82, 2.24) is 10.1 Å². The Morgan fingerprint density at radius 2 is 2.25 bits per heavy atom. The number of nitrogen functional groups attached to an aromatic ring is 1. The van der Waals surface area contributed by atoms with Crippen molar-refractivity contribution >= 4 is 11.9 Å². The first-order chi connectivity index (χ1) is 9.49. The second-order valence-corrected chi connectivity index (χ2v) is 5.24. The van der Waals surface area contributed by atoms with Crippen molar-refractivity contribution < 1.29 is 24.7 Å². The summed E-state index contributed by atoms with van der Waals surface area (Å²) in [5.41, 5.74) is 5.29. The highest BCUT2D eigenvalue weighted by molar-refractivity contribution is 5.55. The molecule has 5 atom stereocenters. The molecule has 2 aliphatic rings. The Bertz CT molecular complexity index is 566. The lowest BCUT2D eigenvalue weighted by molar-refractivity contribution is -0.777. The number of hydrogen-bond acceptors (Lipinski definition) is 7. The van der Waals surface area contributed by atoms with E-state index >= 15 is 0 Å². The van der Waals surface area contributed by atoms with Crippen molar-refractivity contribution in [3.05, 3.63) is 18.1 Å². The van der Waals surface area contributed by atoms with Crippen LogP contribution in [0.15, 0.2) is 12.4 Å². The van der Waals surface area contributed by atoms with E-state index in [0.29, 0.717) is 11.5 Å². The number of ether oxygens (including phenoxy) is 1. The van der Waals surface area contributed by atoms with Gasteiger partial charge in [0.15, 0.2) is 11.9 Å². The van der Waals surface area contributed by atoms with Gasteiger partial charge < -0.3 is 25.8 Å². The first kappa shape index (κ1) is 13.4. The first-order valence-electron chi connectivity index (χ1n) is 6.34. The maximum Gasteiger partial charge on any atom is 0.274 e. The standard InChI is InChI=1S/C12H17N4O4/c1-12(10(19)9(18)7(4-17)20-12)8-3-2-6-11(13)14-5-15-16(6)8/h2-3,5,7-10,17-19H,4H2,1H3,(H2,13,14,15)/q+1/t7-,8?,9-,10-,12+/m1/s1. The molecule has 1 saturated heterocycles. The van der Waals surface area contributed by atoms with Gasteiger partial charge >= 0.3 is 0 Å². The molecule has 0 amide bonds. The van der Waals surface area contributed by atoms with Crippen LogP contribution in [0.4, 0.5) is 5.82 Å². The van der Waals surface area contributed by atoms with Crippen LogP contribution in [-0.2, 0) is 4.74 Å². The Balaban J connectivity index is 2.00. The molecule has 0 bridgehead atoms. The molecule has 1 unspecified atom stereocenters. The minimum Gasteiger partial charge on any atom is -0.394 e. The maximum absolute atomic E-state index is 10.3. The summed E-state index contributed by atoms with van der Waals surface area (Å²) in [5.74, 6) is 0.328. The number of anilines is 1. The van der Waals surface area contributed by atoms with E-state index in [1.807, 2.05) is 0 Å². The van der Waals surface area contributed by atoms with Gasteiger partial charge in [0, 0.05) is 11.2 Å². The van der Waals surface area contributed by atoms with Crippen LogP contribution in [0.1, 0.15) is 18.7 Å². The number of nitrogens with zero attached hydrogens (tertiary/aromatic N) is 3. The lowest BCUT2D eigenvalue weighted by atomic mass is 9.89. The van der Waals surface area contributed by atoms with Crippen molar-refractivity contribution in [1.29, 1.82) is 0 Å². The monoisotopic (exact) mass is 281 g/mol. The lowest BCUT2D eigenvalue weighted by Crippen LogP contribution is -2.58. The predicted octanol–water partition coefficient (Wildman–Crippen LogP) is -2.21. The summed E-state index contributed by atoms with van der Waals surface area (Å²) in [6.07, 6.45) is 1.73. The van der Waals surface area contributed by atoms with Crippen LogP contribution < -0.4 is 10.4 Å². The number of rotatable bonds is 2. The van der Waals surface area contributed by atoms with E-state index in [0.717, 1.165) is 0 Å². The van der Waals surface area contributed by atoms with E-state index in [-0.39, 0.29) is 6.61 Å². The summed E-state index contributed by atoms with van der Waals surface area (Å²) in [6, 6.07) is -0.441. The molecule has 3 heterocycles. The fourth-order valence-electron chi connectivity index (χ4n) is 2.87. The largest absolute Gasteiger partial charge is 0.394 e. The number of aliphatic hydroxyl groups is 3. The predicted molar refractivity (Wildman–Crippen MR) is 67.1 cm³/mol. The highest BCUT2D eigenvalue weighted by Gasteiger charge is 2.60. The second-order valence-electron chi connectivity index (χ2n) is 5.24. The zero-order valence-corrected chi connectivity index (χ0v) is 10.9. The van der Waals surface area contributed by atoms with Crippen LogP contribution in [-0.4, -0.2) is 55.9 Å². The molecule has 20 heavy (non-hydrogen) atoms. The summed E-state index contributed by atoms with van der Waals surface area (Å²) in [6.45, 7) is 1.31. The molecule has 1 aromatic rings. The van der Waals surface area contributed by atoms with Gasteiger partial charge in [-0.1, -0.05) is 4.68 Å². The molecule has 2 aliphatic heterocycles. The van der Waals surface area contributed by atoms with Gasteiger partial charge in [-0.3, -0.25) is 0 Å². The molecule has 0 aromatic carbocycles. The van der Waals surface area contributed by atoms with Gasteiger partial charge in [-0.15, -0.1) is 0 Å². The van der Waals surface area contributed by atoms with E-state index in [1.165, 1.54) is 6.33 Å². The van der Waals surface area contributed by atoms with Crippen LogP contribution >= 0.6 is 0 Å². The van der Waals surface area contributed by atoms with Crippen LogP contribution in [0.25, 0.3) is 6.08 Å². The molecule has 1 fully saturated rings. The minimum atomic E-state index is -1.15. The smallest absolute Gasteiger partial charge is 0.274 e. The third kappa shape index (κ3) is 1.66. The van der Waals surface area contributed by atoms with Gasteiger partial charge in [0.1, 0.15) is 18.3 Å². The number of hydrogen-bond donors (Lipinski definition) is 4. The zero-order chi connectivity index (χ0) is 14.5. The fourth-order valence-corrected chi connectivity index (χ4v) is 2.87. The SMILES string of the molecule is C[C@@]1(C2C=Cc3c(N)ncn[n+]32)O[C@H](CO)[C@@H](O)[C@H]1O. The zero-order valence-electron chi connectivity index (χ0n) is 10.9. The molecule has 0 aliphatic carbocycles. The molecule has 0 radical (unpaired) electrons. The van der Waals surface area contributed by atoms with Gasteiger partial charge in [-0.2, -0.15) is 0 Å². The van der Waals surface area contributed by atoms with Crippen molar-refractivity contribution in [2.24, 2.45) is 0 Å². The molecular formula is C12H17N4O4+. The molecule has 0 saturated carbocycles. The van der Waals surface area contributed by atoms with Crippen LogP contribution in [0.5, 0.6) is 0 Å². The Labute approximate surface area is 115 Å². The summed E-state index contributed by atoms with van der Waals surface area (Å²) < 4.78 is 7.28. The molecule has 8 nitrogen and oxygen atoms in total. The van der Waals surface area contributed by atoms with E-state index in [1.54, 1.807) is 23.8 Å². The van der Waals surface area contributed by atoms with Gasteiger partial charge in [0.05, 0.1) is 6.61 Å². The topological polar surface area (TPSA) is 126 Å². The second kappa shape index (κ2) is 4.45. The van der Waals surface area contributed by atoms with Crippen molar-refractivity contribution in [3.63, 3.8) is 0 Å². The molecule has 3 rings (SSSR count). The first-order valence-corrected chi connectivity index (χ1v) is 6.34. The van der Waals surface area contributed by atoms with E-state index in [2.05, 4.69) is 10.1 Å². The molecule has 5 N–H and O–H groups in total. The Hall–Kier alpha value is -1.61. The Kier molecular flexibility index (Phi) is 2.98. The average molecular weight is 281 g/mol. The molecular weight excluding hydrogens is 264 g/mol. The summed E-state index contributed by atoms with van der Waals surface area (Å²) in [5, 5.41) is 33.5. The number of nitrogens with two attached hydrogens (primary N) is 1. The Morgan fingerprint density at radius 1 is 1.50 bits per heavy atom. The lowest BCUT2D eigenvalue weighted by Gasteiger charge is -2.28. The number of aliphatic hydroxyl groups excluding tert-OH is 3. The quantitative estimate of drug-likeness (QED) is 0.453. The molecule has 8 heteroatoms. The third-order valence-corrected chi connectivity index (χ3v) is 4.05. The Morgan fingerprint density at radius 3 is 2.90 bits per heavy atom. The van der Waals surface area contributed by atoms with Gasteiger partial charge in [-0.25, -0.2) is 4.98 Å². The normalized spacial score (nSPS) is 39.2. The maximum atomic E-state index is 10.3. The van der Waals surface area contributed by atoms with E-state index < -0.39 is 30.0 Å². The van der Waals surface area contributed by atoms with Crippen molar-refractivity contribution in [2.75, 3.05) is 12.3 Å². The van der Waals surface area contributed by atoms with Gasteiger partial charge in [0.25, 0.3) is 5.69 Å². The van der Waals surface area contributed by atoms with Crippen LogP contribution in [0.3, 0.4) is 0 Å². The molecule has 108 valence electrons. The number of fused-ring (bicyclic) bond motifs is 1. The van der Waals surface area contributed by atoms with Gasteiger partial charge in [-0.05, 0) is 13.0 Å². The summed E-state index contributed by atoms with van der Waals surface area (Å²) in [4.78, 5) is 3.90. The highest BCUT2D eigenvalue weighted by Crippen LogP contribution is 2.39. The molecule has 1 aromatic heterocycles. The summed E-state index contributed by atoms with van der Waals surface area (Å²) in [7, 11) is 0. The minimum absolute atomic E-state index is 0.328. The van der Waals surface area contributed by atoms with E-state index in [4.69, 9.17) is 10.5 Å². The average Bonchev–Trinajstić information content (AvgIpc) is 2.96. The third-order valence-electron chi connectivity index (χ3n) is 4.05. The van der Waals surface area contributed by atoms with Crippen LogP contribution in [0, 0.1) is 0 Å². The van der Waals surface area contributed by atoms with Gasteiger partial charge in [0.2, 0.25) is 11.9 Å². The highest BCUT2D eigenvalue weighted by atomic mass is 16.6. The van der Waals surface area contributed by atoms with Crippen molar-refractivity contribution in [3.8, 4) is 0 Å². The fraction of sp³-hybridized carbons (Fsp3) is 0.583. The number of aromatic nitrogens is 3. The van der Waals surface area contributed by atoms with Crippen molar-refractivity contribution in [2.45, 2.75) is 36.9 Å². The molecule has 0 spiro atoms.